The number of imidazole rings is 1. The van der Waals surface area contributed by atoms with Gasteiger partial charge in [-0.25, -0.2) is 4.98 Å². The van der Waals surface area contributed by atoms with E-state index >= 15 is 0 Å². The van der Waals surface area contributed by atoms with Crippen LogP contribution in [0.5, 0.6) is 5.88 Å². The Labute approximate surface area is 58.7 Å². The van der Waals surface area contributed by atoms with E-state index in [2.05, 4.69) is 4.98 Å². The molecule has 52 valence electrons. The van der Waals surface area contributed by atoms with Crippen LogP contribution >= 0.6 is 0 Å². The van der Waals surface area contributed by atoms with Crippen molar-refractivity contribution in [3.63, 3.8) is 0 Å². The van der Waals surface area contributed by atoms with E-state index in [4.69, 9.17) is 10.00 Å². The minimum atomic E-state index is 0.358. The van der Waals surface area contributed by atoms with Crippen LogP contribution in [0.1, 0.15) is 5.82 Å². The molecular formula is C6H7N3O. The molecule has 0 amide bonds. The molecule has 0 aliphatic heterocycles. The summed E-state index contributed by atoms with van der Waals surface area (Å²) in [6.45, 7) is 0. The average Bonchev–Trinajstić information content (AvgIpc) is 2.30. The molecule has 0 saturated heterocycles. The maximum atomic E-state index is 8.44. The first kappa shape index (κ1) is 6.62. The summed E-state index contributed by atoms with van der Waals surface area (Å²) in [5.74, 6) is 0.952. The summed E-state index contributed by atoms with van der Waals surface area (Å²) in [6, 6.07) is 1.92. The van der Waals surface area contributed by atoms with E-state index in [9.17, 15) is 0 Å². The lowest BCUT2D eigenvalue weighted by molar-refractivity contribution is 0.381. The molecule has 0 fully saturated rings. The van der Waals surface area contributed by atoms with Crippen LogP contribution in [0, 0.1) is 11.3 Å². The van der Waals surface area contributed by atoms with Crippen LogP contribution in [0.2, 0.25) is 0 Å². The highest BCUT2D eigenvalue weighted by Gasteiger charge is 2.02. The molecule has 0 spiro atoms. The van der Waals surface area contributed by atoms with Gasteiger partial charge in [0.05, 0.1) is 13.3 Å². The van der Waals surface area contributed by atoms with Gasteiger partial charge in [0, 0.05) is 7.05 Å². The second kappa shape index (κ2) is 2.40. The highest BCUT2D eigenvalue weighted by molar-refractivity contribution is 5.19. The van der Waals surface area contributed by atoms with Crippen molar-refractivity contribution in [3.8, 4) is 11.9 Å². The van der Waals surface area contributed by atoms with Crippen LogP contribution in [0.3, 0.4) is 0 Å². The molecule has 1 aromatic heterocycles. The van der Waals surface area contributed by atoms with Gasteiger partial charge in [0.1, 0.15) is 6.07 Å². The van der Waals surface area contributed by atoms with Crippen LogP contribution < -0.4 is 4.74 Å². The molecule has 0 atom stereocenters. The highest BCUT2D eigenvalue weighted by Crippen LogP contribution is 2.08. The van der Waals surface area contributed by atoms with Crippen molar-refractivity contribution in [2.24, 2.45) is 7.05 Å². The van der Waals surface area contributed by atoms with Gasteiger partial charge in [0.2, 0.25) is 11.7 Å². The minimum Gasteiger partial charge on any atom is -0.481 e. The molecular weight excluding hydrogens is 130 g/mol. The van der Waals surface area contributed by atoms with E-state index in [-0.39, 0.29) is 0 Å². The lowest BCUT2D eigenvalue weighted by Crippen LogP contribution is -1.95. The summed E-state index contributed by atoms with van der Waals surface area (Å²) < 4.78 is 6.46. The third kappa shape index (κ3) is 0.818. The number of aromatic nitrogens is 2. The van der Waals surface area contributed by atoms with Crippen LogP contribution in [0.15, 0.2) is 6.20 Å². The van der Waals surface area contributed by atoms with Crippen LogP contribution in [-0.2, 0) is 7.05 Å². The van der Waals surface area contributed by atoms with Gasteiger partial charge >= 0.3 is 0 Å². The predicted octanol–water partition coefficient (Wildman–Crippen LogP) is 0.300. The molecule has 0 aliphatic rings. The van der Waals surface area contributed by atoms with Crippen molar-refractivity contribution in [2.45, 2.75) is 0 Å². The van der Waals surface area contributed by atoms with Crippen LogP contribution in [0.25, 0.3) is 0 Å². The van der Waals surface area contributed by atoms with Gasteiger partial charge in [0.25, 0.3) is 0 Å². The zero-order valence-corrected chi connectivity index (χ0v) is 5.83. The highest BCUT2D eigenvalue weighted by atomic mass is 16.5. The van der Waals surface area contributed by atoms with E-state index in [1.807, 2.05) is 6.07 Å². The van der Waals surface area contributed by atoms with Gasteiger partial charge in [-0.2, -0.15) is 5.26 Å². The van der Waals surface area contributed by atoms with Gasteiger partial charge in [0.15, 0.2) is 0 Å². The van der Waals surface area contributed by atoms with Crippen LogP contribution in [-0.4, -0.2) is 16.7 Å². The fourth-order valence-electron chi connectivity index (χ4n) is 0.687. The topological polar surface area (TPSA) is 50.8 Å². The fourth-order valence-corrected chi connectivity index (χ4v) is 0.687. The second-order valence-electron chi connectivity index (χ2n) is 1.79. The molecule has 1 aromatic rings. The quantitative estimate of drug-likeness (QED) is 0.559. The molecule has 1 heterocycles. The summed E-state index contributed by atoms with van der Waals surface area (Å²) in [5.41, 5.74) is 0. The standard InChI is InChI=1S/C6H7N3O/c1-9-5(3-7)8-4-6(9)10-2/h4H,1-2H3. The Hall–Kier alpha value is -1.50. The first-order valence-corrected chi connectivity index (χ1v) is 2.75. The lowest BCUT2D eigenvalue weighted by Gasteiger charge is -1.97. The van der Waals surface area contributed by atoms with Gasteiger partial charge in [-0.3, -0.25) is 4.57 Å². The summed E-state index contributed by atoms with van der Waals surface area (Å²) in [7, 11) is 3.27. The first-order valence-electron chi connectivity index (χ1n) is 2.75. The number of ether oxygens (including phenoxy) is 1. The van der Waals surface area contributed by atoms with Crippen molar-refractivity contribution in [1.82, 2.24) is 9.55 Å². The Morgan fingerprint density at radius 2 is 2.50 bits per heavy atom. The maximum absolute atomic E-state index is 8.44. The molecule has 1 rings (SSSR count). The van der Waals surface area contributed by atoms with Crippen molar-refractivity contribution >= 4 is 0 Å². The van der Waals surface area contributed by atoms with E-state index < -0.39 is 0 Å². The number of hydrogen-bond acceptors (Lipinski definition) is 3. The molecule has 0 N–H and O–H groups in total. The Morgan fingerprint density at radius 1 is 1.80 bits per heavy atom. The van der Waals surface area contributed by atoms with Gasteiger partial charge < -0.3 is 4.74 Å². The monoisotopic (exact) mass is 137 g/mol. The van der Waals surface area contributed by atoms with Crippen molar-refractivity contribution < 1.29 is 4.74 Å². The lowest BCUT2D eigenvalue weighted by atomic mass is 10.7. The second-order valence-corrected chi connectivity index (χ2v) is 1.79. The third-order valence-electron chi connectivity index (χ3n) is 1.25. The van der Waals surface area contributed by atoms with E-state index in [1.165, 1.54) is 13.3 Å². The first-order chi connectivity index (χ1) is 4.79. The normalized spacial score (nSPS) is 8.90. The molecule has 0 radical (unpaired) electrons. The summed E-state index contributed by atoms with van der Waals surface area (Å²) in [6.07, 6.45) is 1.51. The Morgan fingerprint density at radius 3 is 2.80 bits per heavy atom. The fraction of sp³-hybridized carbons (Fsp3) is 0.333. The molecule has 0 aromatic carbocycles. The van der Waals surface area contributed by atoms with Crippen molar-refractivity contribution in [1.29, 1.82) is 5.26 Å². The number of rotatable bonds is 1. The average molecular weight is 137 g/mol. The van der Waals surface area contributed by atoms with Gasteiger partial charge in [-0.05, 0) is 0 Å². The Kier molecular flexibility index (Phi) is 1.59. The molecule has 0 unspecified atom stereocenters. The molecule has 10 heavy (non-hydrogen) atoms. The number of nitrogens with zero attached hydrogens (tertiary/aromatic N) is 3. The Balaban J connectivity index is 3.12. The van der Waals surface area contributed by atoms with Crippen molar-refractivity contribution in [3.05, 3.63) is 12.0 Å². The zero-order chi connectivity index (χ0) is 7.56. The minimum absolute atomic E-state index is 0.358. The summed E-state index contributed by atoms with van der Waals surface area (Å²) in [4.78, 5) is 3.78. The zero-order valence-electron chi connectivity index (χ0n) is 5.83. The molecule has 0 bridgehead atoms. The van der Waals surface area contributed by atoms with Crippen molar-refractivity contribution in [2.75, 3.05) is 7.11 Å². The molecule has 4 nitrogen and oxygen atoms in total. The molecule has 4 heteroatoms. The van der Waals surface area contributed by atoms with E-state index in [0.717, 1.165) is 0 Å². The van der Waals surface area contributed by atoms with E-state index in [1.54, 1.807) is 11.6 Å². The number of methoxy groups -OCH3 is 1. The smallest absolute Gasteiger partial charge is 0.215 e. The summed E-state index contributed by atoms with van der Waals surface area (Å²) in [5, 5.41) is 8.44. The maximum Gasteiger partial charge on any atom is 0.215 e. The largest absolute Gasteiger partial charge is 0.481 e. The SMILES string of the molecule is COc1cnc(C#N)n1C. The van der Waals surface area contributed by atoms with Crippen LogP contribution in [0.4, 0.5) is 0 Å². The van der Waals surface area contributed by atoms with E-state index in [0.29, 0.717) is 11.7 Å². The predicted molar refractivity (Wildman–Crippen MR) is 34.5 cm³/mol. The van der Waals surface area contributed by atoms with Gasteiger partial charge in [-0.1, -0.05) is 0 Å². The third-order valence-corrected chi connectivity index (χ3v) is 1.25. The summed E-state index contributed by atoms with van der Waals surface area (Å²) >= 11 is 0. The number of nitriles is 1. The van der Waals surface area contributed by atoms with Gasteiger partial charge in [-0.15, -0.1) is 0 Å². The number of hydrogen-bond donors (Lipinski definition) is 0. The molecule has 0 saturated carbocycles. The molecule has 0 aliphatic carbocycles. The Bertz CT molecular complexity index is 271.